The van der Waals surface area contributed by atoms with Gasteiger partial charge in [0.1, 0.15) is 23.9 Å². The fourth-order valence-electron chi connectivity index (χ4n) is 2.30. The van der Waals surface area contributed by atoms with Crippen molar-refractivity contribution < 1.29 is 23.1 Å². The molecule has 2 amide bonds. The van der Waals surface area contributed by atoms with Gasteiger partial charge in [-0.15, -0.1) is 0 Å². The normalized spacial score (nSPS) is 10.7. The topological polar surface area (TPSA) is 92.9 Å². The van der Waals surface area contributed by atoms with Crippen molar-refractivity contribution in [1.82, 2.24) is 10.7 Å². The zero-order valence-electron chi connectivity index (χ0n) is 15.3. The third kappa shape index (κ3) is 6.03. The van der Waals surface area contributed by atoms with Gasteiger partial charge in [-0.2, -0.15) is 5.10 Å². The van der Waals surface area contributed by atoms with Crippen LogP contribution in [0.3, 0.4) is 0 Å². The maximum atomic E-state index is 13.6. The number of ether oxygens (including phenoxy) is 1. The number of benzene rings is 2. The average molecular weight is 395 g/mol. The second-order valence-corrected chi connectivity index (χ2v) is 5.91. The highest BCUT2D eigenvalue weighted by atomic mass is 19.1. The predicted molar refractivity (Wildman–Crippen MR) is 103 cm³/mol. The van der Waals surface area contributed by atoms with Gasteiger partial charge >= 0.3 is 11.8 Å². The van der Waals surface area contributed by atoms with Crippen LogP contribution in [0.25, 0.3) is 0 Å². The van der Waals surface area contributed by atoms with E-state index < -0.39 is 11.8 Å². The van der Waals surface area contributed by atoms with Gasteiger partial charge in [-0.25, -0.2) is 9.82 Å². The van der Waals surface area contributed by atoms with Gasteiger partial charge in [0.2, 0.25) is 0 Å². The zero-order chi connectivity index (χ0) is 20.5. The van der Waals surface area contributed by atoms with Crippen molar-refractivity contribution in [3.63, 3.8) is 0 Å². The smallest absolute Gasteiger partial charge is 0.329 e. The Morgan fingerprint density at radius 3 is 2.55 bits per heavy atom. The zero-order valence-corrected chi connectivity index (χ0v) is 15.3. The quantitative estimate of drug-likeness (QED) is 0.366. The van der Waals surface area contributed by atoms with Crippen molar-refractivity contribution >= 4 is 18.0 Å². The molecule has 0 aliphatic rings. The monoisotopic (exact) mass is 395 g/mol. The maximum absolute atomic E-state index is 13.6. The molecule has 0 saturated heterocycles. The lowest BCUT2D eigenvalue weighted by atomic mass is 10.2. The minimum absolute atomic E-state index is 0.108. The van der Waals surface area contributed by atoms with Crippen LogP contribution in [-0.4, -0.2) is 18.0 Å². The van der Waals surface area contributed by atoms with E-state index in [1.54, 1.807) is 54.6 Å². The number of amides is 2. The number of hydrogen-bond acceptors (Lipinski definition) is 5. The molecule has 0 saturated carbocycles. The average Bonchev–Trinajstić information content (AvgIpc) is 3.26. The molecule has 0 fully saturated rings. The molecule has 148 valence electrons. The van der Waals surface area contributed by atoms with E-state index in [0.717, 1.165) is 0 Å². The highest BCUT2D eigenvalue weighted by molar-refractivity contribution is 6.35. The second-order valence-electron chi connectivity index (χ2n) is 5.91. The van der Waals surface area contributed by atoms with E-state index in [1.165, 1.54) is 18.5 Å². The Morgan fingerprint density at radius 1 is 1.03 bits per heavy atom. The van der Waals surface area contributed by atoms with Crippen molar-refractivity contribution in [3.8, 4) is 5.75 Å². The fraction of sp³-hybridized carbons (Fsp3) is 0.0952. The molecule has 2 aromatic carbocycles. The first-order valence-electron chi connectivity index (χ1n) is 8.72. The lowest BCUT2D eigenvalue weighted by molar-refractivity contribution is -0.139. The van der Waals surface area contributed by atoms with Crippen LogP contribution in [0.1, 0.15) is 16.9 Å². The Labute approximate surface area is 166 Å². The minimum atomic E-state index is -0.891. The summed E-state index contributed by atoms with van der Waals surface area (Å²) < 4.78 is 24.2. The lowest BCUT2D eigenvalue weighted by Gasteiger charge is -2.07. The molecule has 3 rings (SSSR count). The summed E-state index contributed by atoms with van der Waals surface area (Å²) in [5.41, 5.74) is 3.29. The van der Waals surface area contributed by atoms with Crippen LogP contribution >= 0.6 is 0 Å². The summed E-state index contributed by atoms with van der Waals surface area (Å²) >= 11 is 0. The Balaban J connectivity index is 1.44. The lowest BCUT2D eigenvalue weighted by Crippen LogP contribution is -2.37. The summed E-state index contributed by atoms with van der Waals surface area (Å²) in [6.45, 7) is 0.223. The third-order valence-corrected chi connectivity index (χ3v) is 3.82. The molecule has 8 heteroatoms. The predicted octanol–water partition coefficient (Wildman–Crippen LogP) is 2.76. The minimum Gasteiger partial charge on any atom is -0.489 e. The molecule has 0 atom stereocenters. The van der Waals surface area contributed by atoms with Gasteiger partial charge in [-0.1, -0.05) is 18.2 Å². The van der Waals surface area contributed by atoms with E-state index in [-0.39, 0.29) is 19.0 Å². The molecule has 7 nitrogen and oxygen atoms in total. The van der Waals surface area contributed by atoms with Crippen molar-refractivity contribution in [2.24, 2.45) is 5.10 Å². The highest BCUT2D eigenvalue weighted by Gasteiger charge is 2.12. The summed E-state index contributed by atoms with van der Waals surface area (Å²) in [6, 6.07) is 16.6. The largest absolute Gasteiger partial charge is 0.489 e. The molecule has 29 heavy (non-hydrogen) atoms. The number of hydrogen-bond donors (Lipinski definition) is 2. The summed E-state index contributed by atoms with van der Waals surface area (Å²) in [4.78, 5) is 23.3. The molecule has 0 unspecified atom stereocenters. The van der Waals surface area contributed by atoms with Crippen LogP contribution in [0.5, 0.6) is 5.75 Å². The second kappa shape index (κ2) is 9.84. The molecule has 3 aromatic rings. The Morgan fingerprint density at radius 2 is 1.83 bits per heavy atom. The van der Waals surface area contributed by atoms with Gasteiger partial charge in [-0.3, -0.25) is 9.59 Å². The van der Waals surface area contributed by atoms with Crippen molar-refractivity contribution in [2.75, 3.05) is 0 Å². The van der Waals surface area contributed by atoms with Crippen LogP contribution in [-0.2, 0) is 22.7 Å². The van der Waals surface area contributed by atoms with Crippen molar-refractivity contribution in [1.29, 1.82) is 0 Å². The molecule has 1 aromatic heterocycles. The molecular formula is C21H18FN3O4. The first-order valence-corrected chi connectivity index (χ1v) is 8.72. The summed E-state index contributed by atoms with van der Waals surface area (Å²) in [5.74, 6) is -0.938. The number of carbonyl (C=O) groups is 2. The van der Waals surface area contributed by atoms with Crippen LogP contribution in [0.15, 0.2) is 76.4 Å². The molecule has 0 bridgehead atoms. The first-order chi connectivity index (χ1) is 14.1. The van der Waals surface area contributed by atoms with Gasteiger partial charge < -0.3 is 14.5 Å². The summed E-state index contributed by atoms with van der Waals surface area (Å²) in [6.07, 6.45) is 2.86. The maximum Gasteiger partial charge on any atom is 0.329 e. The summed E-state index contributed by atoms with van der Waals surface area (Å²) in [7, 11) is 0. The molecule has 2 N–H and O–H groups in total. The summed E-state index contributed by atoms with van der Waals surface area (Å²) in [5, 5.41) is 6.15. The molecular weight excluding hydrogens is 377 g/mol. The number of rotatable bonds is 7. The van der Waals surface area contributed by atoms with Gasteiger partial charge in [0.05, 0.1) is 19.0 Å². The van der Waals surface area contributed by atoms with E-state index >= 15 is 0 Å². The number of nitrogens with one attached hydrogen (secondary N) is 2. The first kappa shape index (κ1) is 19.8. The van der Waals surface area contributed by atoms with Crippen LogP contribution in [0.4, 0.5) is 4.39 Å². The number of halogens is 1. The van der Waals surface area contributed by atoms with Gasteiger partial charge in [0, 0.05) is 5.56 Å². The van der Waals surface area contributed by atoms with E-state index in [1.807, 2.05) is 0 Å². The SMILES string of the molecule is O=C(NCc1ccco1)C(=O)N/N=C\c1ccc(OCc2ccccc2F)cc1. The van der Waals surface area contributed by atoms with Gasteiger partial charge in [-0.05, 0) is 48.0 Å². The van der Waals surface area contributed by atoms with Crippen molar-refractivity contribution in [3.05, 3.63) is 89.6 Å². The molecule has 0 aliphatic carbocycles. The Hall–Kier alpha value is -3.94. The van der Waals surface area contributed by atoms with Crippen LogP contribution < -0.4 is 15.5 Å². The Kier molecular flexibility index (Phi) is 6.72. The van der Waals surface area contributed by atoms with Crippen molar-refractivity contribution in [2.45, 2.75) is 13.2 Å². The van der Waals surface area contributed by atoms with E-state index in [0.29, 0.717) is 22.6 Å². The van der Waals surface area contributed by atoms with Gasteiger partial charge in [0.25, 0.3) is 0 Å². The standard InChI is InChI=1S/C21H18FN3O4/c22-19-6-2-1-4-16(19)14-29-17-9-7-15(8-10-17)12-24-25-21(27)20(26)23-13-18-5-3-11-28-18/h1-12H,13-14H2,(H,23,26)(H,25,27)/b24-12-. The number of nitrogens with zero attached hydrogens (tertiary/aromatic N) is 1. The molecule has 1 heterocycles. The molecule has 0 aliphatic heterocycles. The third-order valence-electron chi connectivity index (χ3n) is 3.82. The number of carbonyl (C=O) groups excluding carboxylic acids is 2. The molecule has 0 radical (unpaired) electrons. The van der Waals surface area contributed by atoms with E-state index in [4.69, 9.17) is 9.15 Å². The highest BCUT2D eigenvalue weighted by Crippen LogP contribution is 2.15. The molecule has 0 spiro atoms. The number of hydrazone groups is 1. The van der Waals surface area contributed by atoms with E-state index in [2.05, 4.69) is 15.8 Å². The van der Waals surface area contributed by atoms with Gasteiger partial charge in [0.15, 0.2) is 0 Å². The van der Waals surface area contributed by atoms with Crippen LogP contribution in [0, 0.1) is 5.82 Å². The Bertz CT molecular complexity index is 985. The van der Waals surface area contributed by atoms with E-state index in [9.17, 15) is 14.0 Å². The number of furan rings is 1. The van der Waals surface area contributed by atoms with Crippen LogP contribution in [0.2, 0.25) is 0 Å². The fourth-order valence-corrected chi connectivity index (χ4v) is 2.30.